The molecule has 2 atom stereocenters. The van der Waals surface area contributed by atoms with Gasteiger partial charge in [0, 0.05) is 19.7 Å². The normalized spacial score (nSPS) is 44.8. The number of aliphatic hydroxyl groups excluding tert-OH is 1. The zero-order chi connectivity index (χ0) is 10.1. The molecule has 0 aromatic rings. The third-order valence-corrected chi connectivity index (χ3v) is 3.87. The summed E-state index contributed by atoms with van der Waals surface area (Å²) in [4.78, 5) is 2.43. The van der Waals surface area contributed by atoms with E-state index in [1.165, 1.54) is 0 Å². The fraction of sp³-hybridized carbons (Fsp3) is 1.00. The average Bonchev–Trinajstić information content (AvgIpc) is 2.09. The average molecular weight is 199 g/mol. The Hall–Kier alpha value is -0.120. The first-order chi connectivity index (χ1) is 6.70. The van der Waals surface area contributed by atoms with Gasteiger partial charge in [-0.15, -0.1) is 0 Å². The van der Waals surface area contributed by atoms with E-state index < -0.39 is 0 Å². The molecule has 2 fully saturated rings. The molecule has 1 saturated carbocycles. The maximum atomic E-state index is 9.77. The van der Waals surface area contributed by atoms with Crippen LogP contribution in [0.1, 0.15) is 26.2 Å². The van der Waals surface area contributed by atoms with Crippen LogP contribution in [0.4, 0.5) is 0 Å². The third-order valence-electron chi connectivity index (χ3n) is 3.87. The second-order valence-electron chi connectivity index (χ2n) is 4.81. The van der Waals surface area contributed by atoms with Crippen LogP contribution in [0.5, 0.6) is 0 Å². The van der Waals surface area contributed by atoms with Crippen molar-refractivity contribution in [2.75, 3.05) is 20.2 Å². The molecule has 3 heteroatoms. The van der Waals surface area contributed by atoms with Crippen molar-refractivity contribution in [1.82, 2.24) is 4.90 Å². The Labute approximate surface area is 86.0 Å². The molecule has 1 N–H and O–H groups in total. The van der Waals surface area contributed by atoms with Gasteiger partial charge >= 0.3 is 0 Å². The maximum Gasteiger partial charge on any atom is 0.0693 e. The molecule has 0 amide bonds. The molecule has 0 unspecified atom stereocenters. The van der Waals surface area contributed by atoms with Gasteiger partial charge in [-0.2, -0.15) is 0 Å². The van der Waals surface area contributed by atoms with Gasteiger partial charge in [-0.25, -0.2) is 0 Å². The largest absolute Gasteiger partial charge is 0.392 e. The van der Waals surface area contributed by atoms with Crippen molar-refractivity contribution in [2.24, 2.45) is 5.92 Å². The molecule has 2 aliphatic rings. The molecule has 1 heterocycles. The van der Waals surface area contributed by atoms with Crippen LogP contribution in [0.3, 0.4) is 0 Å². The molecular weight excluding hydrogens is 178 g/mol. The van der Waals surface area contributed by atoms with Gasteiger partial charge in [0.25, 0.3) is 0 Å². The topological polar surface area (TPSA) is 32.7 Å². The number of hydrogen-bond acceptors (Lipinski definition) is 3. The van der Waals surface area contributed by atoms with E-state index in [0.717, 1.165) is 32.4 Å². The zero-order valence-corrected chi connectivity index (χ0v) is 9.15. The van der Waals surface area contributed by atoms with E-state index in [0.29, 0.717) is 18.1 Å². The second kappa shape index (κ2) is 4.17. The second-order valence-corrected chi connectivity index (χ2v) is 4.81. The summed E-state index contributed by atoms with van der Waals surface area (Å²) in [7, 11) is 1.79. The Morgan fingerprint density at radius 1 is 1.36 bits per heavy atom. The van der Waals surface area contributed by atoms with Crippen molar-refractivity contribution >= 4 is 0 Å². The number of piperidine rings is 1. The molecule has 1 aliphatic carbocycles. The van der Waals surface area contributed by atoms with Crippen molar-refractivity contribution in [1.29, 1.82) is 0 Å². The van der Waals surface area contributed by atoms with Crippen LogP contribution in [0.25, 0.3) is 0 Å². The summed E-state index contributed by atoms with van der Waals surface area (Å²) >= 11 is 0. The Bertz CT molecular complexity index is 192. The molecular formula is C11H21NO2. The number of nitrogens with zero attached hydrogens (tertiary/aromatic N) is 1. The predicted molar refractivity (Wildman–Crippen MR) is 55.2 cm³/mol. The van der Waals surface area contributed by atoms with Crippen LogP contribution in [-0.4, -0.2) is 48.5 Å². The van der Waals surface area contributed by atoms with Crippen molar-refractivity contribution < 1.29 is 9.84 Å². The molecule has 0 aromatic carbocycles. The maximum absolute atomic E-state index is 9.77. The SMILES string of the molecule is COC1CC(N2CC[C@@H](C)[C@H](O)C2)C1. The zero-order valence-electron chi connectivity index (χ0n) is 9.15. The summed E-state index contributed by atoms with van der Waals surface area (Å²) in [6, 6.07) is 0.669. The standard InChI is InChI=1S/C11H21NO2/c1-8-3-4-12(7-11(8)13)9-5-10(6-9)14-2/h8-11,13H,3-7H2,1-2H3/t8-,9?,10?,11-/m1/s1. The molecule has 2 rings (SSSR count). The minimum Gasteiger partial charge on any atom is -0.392 e. The molecule has 1 aliphatic heterocycles. The summed E-state index contributed by atoms with van der Waals surface area (Å²) in [6.07, 6.45) is 3.78. The fourth-order valence-corrected chi connectivity index (χ4v) is 2.43. The lowest BCUT2D eigenvalue weighted by molar-refractivity contribution is -0.0615. The molecule has 0 aromatic heterocycles. The summed E-state index contributed by atoms with van der Waals surface area (Å²) in [5.41, 5.74) is 0. The number of β-amino-alcohol motifs (C(OH)–C–C–N with tert-alkyl or cyclic N) is 1. The van der Waals surface area contributed by atoms with Crippen molar-refractivity contribution in [3.63, 3.8) is 0 Å². The Morgan fingerprint density at radius 3 is 2.64 bits per heavy atom. The minimum atomic E-state index is -0.120. The van der Waals surface area contributed by atoms with E-state index in [-0.39, 0.29) is 6.10 Å². The number of aliphatic hydroxyl groups is 1. The lowest BCUT2D eigenvalue weighted by Crippen LogP contribution is -2.54. The first kappa shape index (κ1) is 10.4. The predicted octanol–water partition coefficient (Wildman–Crippen LogP) is 0.866. The van der Waals surface area contributed by atoms with E-state index in [9.17, 15) is 5.11 Å². The van der Waals surface area contributed by atoms with E-state index in [1.807, 2.05) is 0 Å². The van der Waals surface area contributed by atoms with E-state index in [1.54, 1.807) is 7.11 Å². The smallest absolute Gasteiger partial charge is 0.0693 e. The first-order valence-corrected chi connectivity index (χ1v) is 5.65. The summed E-state index contributed by atoms with van der Waals surface area (Å²) in [6.45, 7) is 4.16. The molecule has 14 heavy (non-hydrogen) atoms. The van der Waals surface area contributed by atoms with Gasteiger partial charge in [0.05, 0.1) is 12.2 Å². The molecule has 1 saturated heterocycles. The third kappa shape index (κ3) is 1.95. The monoisotopic (exact) mass is 199 g/mol. The van der Waals surface area contributed by atoms with Crippen LogP contribution in [0.2, 0.25) is 0 Å². The summed E-state index contributed by atoms with van der Waals surface area (Å²) in [5.74, 6) is 0.476. The van der Waals surface area contributed by atoms with E-state index in [4.69, 9.17) is 4.74 Å². The van der Waals surface area contributed by atoms with E-state index in [2.05, 4.69) is 11.8 Å². The van der Waals surface area contributed by atoms with Gasteiger partial charge in [-0.3, -0.25) is 4.90 Å². The van der Waals surface area contributed by atoms with Crippen LogP contribution in [-0.2, 0) is 4.74 Å². The van der Waals surface area contributed by atoms with Crippen LogP contribution in [0, 0.1) is 5.92 Å². The van der Waals surface area contributed by atoms with Crippen LogP contribution in [0.15, 0.2) is 0 Å². The highest BCUT2D eigenvalue weighted by molar-refractivity contribution is 4.91. The number of hydrogen-bond donors (Lipinski definition) is 1. The molecule has 0 spiro atoms. The number of methoxy groups -OCH3 is 1. The van der Waals surface area contributed by atoms with Gasteiger partial charge in [-0.1, -0.05) is 6.92 Å². The van der Waals surface area contributed by atoms with Crippen molar-refractivity contribution in [3.05, 3.63) is 0 Å². The van der Waals surface area contributed by atoms with Gasteiger partial charge in [0.1, 0.15) is 0 Å². The summed E-state index contributed by atoms with van der Waals surface area (Å²) in [5, 5.41) is 9.77. The Kier molecular flexibility index (Phi) is 3.10. The lowest BCUT2D eigenvalue weighted by Gasteiger charge is -2.46. The number of rotatable bonds is 2. The first-order valence-electron chi connectivity index (χ1n) is 5.65. The molecule has 0 bridgehead atoms. The highest BCUT2D eigenvalue weighted by Gasteiger charge is 2.36. The number of likely N-dealkylation sites (tertiary alicyclic amines) is 1. The van der Waals surface area contributed by atoms with Gasteiger partial charge in [0.15, 0.2) is 0 Å². The van der Waals surface area contributed by atoms with Crippen molar-refractivity contribution in [2.45, 2.75) is 44.4 Å². The fourth-order valence-electron chi connectivity index (χ4n) is 2.43. The van der Waals surface area contributed by atoms with Gasteiger partial charge < -0.3 is 9.84 Å². The Morgan fingerprint density at radius 2 is 2.07 bits per heavy atom. The minimum absolute atomic E-state index is 0.120. The lowest BCUT2D eigenvalue weighted by atomic mass is 9.85. The quantitative estimate of drug-likeness (QED) is 0.716. The highest BCUT2D eigenvalue weighted by atomic mass is 16.5. The van der Waals surface area contributed by atoms with E-state index >= 15 is 0 Å². The van der Waals surface area contributed by atoms with Gasteiger partial charge in [-0.05, 0) is 31.7 Å². The molecule has 82 valence electrons. The van der Waals surface area contributed by atoms with Gasteiger partial charge in [0.2, 0.25) is 0 Å². The Balaban J connectivity index is 1.78. The number of ether oxygens (including phenoxy) is 1. The summed E-state index contributed by atoms with van der Waals surface area (Å²) < 4.78 is 5.27. The molecule has 3 nitrogen and oxygen atoms in total. The molecule has 0 radical (unpaired) electrons. The van der Waals surface area contributed by atoms with Crippen molar-refractivity contribution in [3.8, 4) is 0 Å². The highest BCUT2D eigenvalue weighted by Crippen LogP contribution is 2.30. The van der Waals surface area contributed by atoms with Crippen LogP contribution < -0.4 is 0 Å². The van der Waals surface area contributed by atoms with Crippen LogP contribution >= 0.6 is 0 Å².